The van der Waals surface area contributed by atoms with Gasteiger partial charge in [0.05, 0.1) is 0 Å². The summed E-state index contributed by atoms with van der Waals surface area (Å²) < 4.78 is 0. The van der Waals surface area contributed by atoms with Crippen LogP contribution in [0, 0.1) is 0 Å². The number of hydrogen-bond donors (Lipinski definition) is 2. The van der Waals surface area contributed by atoms with Crippen LogP contribution in [0.5, 0.6) is 0 Å². The van der Waals surface area contributed by atoms with Gasteiger partial charge in [0, 0.05) is 37.8 Å². The van der Waals surface area contributed by atoms with E-state index in [0.717, 1.165) is 5.69 Å². The van der Waals surface area contributed by atoms with E-state index < -0.39 is 5.97 Å². The number of carboxylic acid groups (broad SMARTS) is 1. The fourth-order valence-electron chi connectivity index (χ4n) is 1.85. The first-order valence-electron chi connectivity index (χ1n) is 6.70. The van der Waals surface area contributed by atoms with Gasteiger partial charge in [-0.2, -0.15) is 0 Å². The van der Waals surface area contributed by atoms with Crippen LogP contribution in [0.25, 0.3) is 0 Å². The Balaban J connectivity index is 2.47. The predicted octanol–water partition coefficient (Wildman–Crippen LogP) is 2.13. The molecular weight excluding hydrogens is 256 g/mol. The van der Waals surface area contributed by atoms with E-state index in [1.165, 1.54) is 0 Å². The molecule has 5 heteroatoms. The van der Waals surface area contributed by atoms with Crippen LogP contribution in [-0.2, 0) is 4.79 Å². The fraction of sp³-hybridized carbons (Fsp3) is 0.467. The largest absolute Gasteiger partial charge is 0.481 e. The number of carbonyl (C=O) groups is 2. The average Bonchev–Trinajstić information content (AvgIpc) is 2.38. The monoisotopic (exact) mass is 278 g/mol. The molecular formula is C15H22N2O3. The number of carbonyl (C=O) groups excluding carboxylic acids is 1. The van der Waals surface area contributed by atoms with Gasteiger partial charge in [0.25, 0.3) is 5.91 Å². The highest BCUT2D eigenvalue weighted by Crippen LogP contribution is 2.12. The molecule has 0 aliphatic carbocycles. The predicted molar refractivity (Wildman–Crippen MR) is 79.2 cm³/mol. The lowest BCUT2D eigenvalue weighted by atomic mass is 10.1. The lowest BCUT2D eigenvalue weighted by Gasteiger charge is -2.15. The van der Waals surface area contributed by atoms with Crippen molar-refractivity contribution in [2.24, 2.45) is 0 Å². The Kier molecular flexibility index (Phi) is 6.03. The molecule has 0 radical (unpaired) electrons. The second kappa shape index (κ2) is 7.53. The Morgan fingerprint density at radius 2 is 1.85 bits per heavy atom. The molecule has 0 aromatic heterocycles. The van der Waals surface area contributed by atoms with Gasteiger partial charge in [0.1, 0.15) is 0 Å². The van der Waals surface area contributed by atoms with Crippen molar-refractivity contribution in [3.05, 3.63) is 29.8 Å². The Morgan fingerprint density at radius 1 is 1.25 bits per heavy atom. The van der Waals surface area contributed by atoms with Crippen molar-refractivity contribution < 1.29 is 14.7 Å². The molecule has 0 aliphatic rings. The molecule has 2 N–H and O–H groups in total. The maximum Gasteiger partial charge on any atom is 0.303 e. The van der Waals surface area contributed by atoms with Crippen LogP contribution in [0.3, 0.4) is 0 Å². The summed E-state index contributed by atoms with van der Waals surface area (Å²) in [5.74, 6) is -0.930. The van der Waals surface area contributed by atoms with Crippen molar-refractivity contribution in [2.75, 3.05) is 19.0 Å². The molecule has 20 heavy (non-hydrogen) atoms. The molecule has 0 spiro atoms. The molecule has 1 aromatic rings. The maximum absolute atomic E-state index is 12.0. The van der Waals surface area contributed by atoms with E-state index in [4.69, 9.17) is 5.11 Å². The lowest BCUT2D eigenvalue weighted by Crippen LogP contribution is -2.32. The number of nitrogens with zero attached hydrogens (tertiary/aromatic N) is 1. The van der Waals surface area contributed by atoms with Crippen molar-refractivity contribution in [2.45, 2.75) is 32.2 Å². The van der Waals surface area contributed by atoms with Crippen LogP contribution in [0.4, 0.5) is 5.69 Å². The number of carboxylic acids is 1. The van der Waals surface area contributed by atoms with Crippen LogP contribution in [0.15, 0.2) is 24.3 Å². The van der Waals surface area contributed by atoms with E-state index in [1.807, 2.05) is 38.1 Å². The number of rotatable bonds is 7. The molecule has 1 amide bonds. The molecule has 0 aliphatic heterocycles. The maximum atomic E-state index is 12.0. The zero-order valence-electron chi connectivity index (χ0n) is 12.2. The van der Waals surface area contributed by atoms with Gasteiger partial charge in [0.2, 0.25) is 0 Å². The SMILES string of the molecule is CC(CCCC(=O)O)NC(=O)c1ccc(N(C)C)cc1. The molecule has 1 atom stereocenters. The minimum Gasteiger partial charge on any atom is -0.481 e. The smallest absolute Gasteiger partial charge is 0.303 e. The van der Waals surface area contributed by atoms with E-state index >= 15 is 0 Å². The number of hydrogen-bond acceptors (Lipinski definition) is 3. The van der Waals surface area contributed by atoms with Gasteiger partial charge in [-0.1, -0.05) is 0 Å². The van der Waals surface area contributed by atoms with Crippen LogP contribution in [0.2, 0.25) is 0 Å². The molecule has 1 unspecified atom stereocenters. The molecule has 0 heterocycles. The molecule has 1 aromatic carbocycles. The summed E-state index contributed by atoms with van der Waals surface area (Å²) in [7, 11) is 3.89. The number of anilines is 1. The number of nitrogens with one attached hydrogen (secondary N) is 1. The summed E-state index contributed by atoms with van der Waals surface area (Å²) in [6.45, 7) is 1.88. The molecule has 5 nitrogen and oxygen atoms in total. The molecule has 0 bridgehead atoms. The standard InChI is InChI=1S/C15H22N2O3/c1-11(5-4-6-14(18)19)16-15(20)12-7-9-13(10-8-12)17(2)3/h7-11H,4-6H2,1-3H3,(H,16,20)(H,18,19). The van der Waals surface area contributed by atoms with Gasteiger partial charge >= 0.3 is 5.97 Å². The van der Waals surface area contributed by atoms with Crippen molar-refractivity contribution in [1.29, 1.82) is 0 Å². The van der Waals surface area contributed by atoms with Crippen molar-refractivity contribution in [1.82, 2.24) is 5.32 Å². The highest BCUT2D eigenvalue weighted by atomic mass is 16.4. The van der Waals surface area contributed by atoms with E-state index in [2.05, 4.69) is 5.32 Å². The minimum absolute atomic E-state index is 0.0321. The first-order valence-corrected chi connectivity index (χ1v) is 6.70. The summed E-state index contributed by atoms with van der Waals surface area (Å²) in [5, 5.41) is 11.4. The molecule has 0 saturated carbocycles. The second-order valence-electron chi connectivity index (χ2n) is 5.10. The average molecular weight is 278 g/mol. The second-order valence-corrected chi connectivity index (χ2v) is 5.10. The minimum atomic E-state index is -0.803. The fourth-order valence-corrected chi connectivity index (χ4v) is 1.85. The van der Waals surface area contributed by atoms with Crippen molar-refractivity contribution >= 4 is 17.6 Å². The highest BCUT2D eigenvalue weighted by molar-refractivity contribution is 5.94. The van der Waals surface area contributed by atoms with Crippen molar-refractivity contribution in [3.8, 4) is 0 Å². The number of aliphatic carboxylic acids is 1. The Bertz CT molecular complexity index is 455. The van der Waals surface area contributed by atoms with Crippen LogP contribution >= 0.6 is 0 Å². The normalized spacial score (nSPS) is 11.8. The van der Waals surface area contributed by atoms with Gasteiger partial charge in [-0.25, -0.2) is 0 Å². The number of benzene rings is 1. The van der Waals surface area contributed by atoms with Gasteiger partial charge in [0.15, 0.2) is 0 Å². The van der Waals surface area contributed by atoms with Gasteiger partial charge in [-0.3, -0.25) is 9.59 Å². The molecule has 0 fully saturated rings. The van der Waals surface area contributed by atoms with Gasteiger partial charge < -0.3 is 15.3 Å². The third-order valence-corrected chi connectivity index (χ3v) is 3.05. The summed E-state index contributed by atoms with van der Waals surface area (Å²) in [6.07, 6.45) is 1.36. The van der Waals surface area contributed by atoms with Crippen LogP contribution in [0.1, 0.15) is 36.5 Å². The van der Waals surface area contributed by atoms with Crippen LogP contribution in [-0.4, -0.2) is 37.1 Å². The van der Waals surface area contributed by atoms with E-state index in [1.54, 1.807) is 12.1 Å². The third-order valence-electron chi connectivity index (χ3n) is 3.05. The quantitative estimate of drug-likeness (QED) is 0.801. The summed E-state index contributed by atoms with van der Waals surface area (Å²) in [4.78, 5) is 24.4. The van der Waals surface area contributed by atoms with Crippen molar-refractivity contribution in [3.63, 3.8) is 0 Å². The van der Waals surface area contributed by atoms with E-state index in [-0.39, 0.29) is 18.4 Å². The Hall–Kier alpha value is -2.04. The summed E-state index contributed by atoms with van der Waals surface area (Å²) in [6, 6.07) is 7.33. The summed E-state index contributed by atoms with van der Waals surface area (Å²) in [5.41, 5.74) is 1.65. The Morgan fingerprint density at radius 3 is 2.35 bits per heavy atom. The first kappa shape index (κ1) is 16.0. The number of amides is 1. The zero-order valence-corrected chi connectivity index (χ0v) is 12.2. The first-order chi connectivity index (χ1) is 9.40. The van der Waals surface area contributed by atoms with Gasteiger partial charge in [-0.15, -0.1) is 0 Å². The highest BCUT2D eigenvalue weighted by Gasteiger charge is 2.10. The van der Waals surface area contributed by atoms with E-state index in [0.29, 0.717) is 18.4 Å². The molecule has 1 rings (SSSR count). The lowest BCUT2D eigenvalue weighted by molar-refractivity contribution is -0.137. The third kappa shape index (κ3) is 5.30. The summed E-state index contributed by atoms with van der Waals surface area (Å²) >= 11 is 0. The topological polar surface area (TPSA) is 69.6 Å². The zero-order chi connectivity index (χ0) is 15.1. The van der Waals surface area contributed by atoms with E-state index in [9.17, 15) is 9.59 Å². The molecule has 0 saturated heterocycles. The Labute approximate surface area is 119 Å². The van der Waals surface area contributed by atoms with Crippen LogP contribution < -0.4 is 10.2 Å². The van der Waals surface area contributed by atoms with Gasteiger partial charge in [-0.05, 0) is 44.0 Å². The molecule has 110 valence electrons.